The van der Waals surface area contributed by atoms with Crippen LogP contribution in [0.4, 0.5) is 27.1 Å². The number of pyridine rings is 1. The number of benzene rings is 2. The van der Waals surface area contributed by atoms with Crippen LogP contribution in [0.2, 0.25) is 0 Å². The highest BCUT2D eigenvalue weighted by Gasteiger charge is 2.11. The van der Waals surface area contributed by atoms with Gasteiger partial charge in [-0.3, -0.25) is 9.78 Å². The van der Waals surface area contributed by atoms with Crippen molar-refractivity contribution in [2.75, 3.05) is 28.6 Å². The first-order chi connectivity index (χ1) is 14.0. The van der Waals surface area contributed by atoms with Crippen molar-refractivity contribution >= 4 is 28.7 Å². The van der Waals surface area contributed by atoms with Crippen LogP contribution in [-0.2, 0) is 0 Å². The molecule has 1 amide bonds. The molecule has 0 fully saturated rings. The molecule has 150 valence electrons. The Labute approximate surface area is 170 Å². The van der Waals surface area contributed by atoms with E-state index in [4.69, 9.17) is 0 Å². The monoisotopic (exact) mass is 392 g/mol. The number of amides is 1. The van der Waals surface area contributed by atoms with Gasteiger partial charge in [0.1, 0.15) is 11.5 Å². The van der Waals surface area contributed by atoms with E-state index in [1.54, 1.807) is 30.5 Å². The Kier molecular flexibility index (Phi) is 6.44. The minimum absolute atomic E-state index is 0.277. The number of halogens is 1. The van der Waals surface area contributed by atoms with Gasteiger partial charge in [-0.05, 0) is 74.9 Å². The third-order valence-corrected chi connectivity index (χ3v) is 4.69. The molecule has 1 heterocycles. The lowest BCUT2D eigenvalue weighted by Gasteiger charge is -2.22. The minimum Gasteiger partial charge on any atom is -0.372 e. The number of anilines is 4. The van der Waals surface area contributed by atoms with Crippen molar-refractivity contribution in [1.29, 1.82) is 0 Å². The van der Waals surface area contributed by atoms with E-state index in [-0.39, 0.29) is 17.4 Å². The quantitative estimate of drug-likeness (QED) is 0.567. The molecule has 29 heavy (non-hydrogen) atoms. The van der Waals surface area contributed by atoms with Crippen LogP contribution in [0.3, 0.4) is 0 Å². The van der Waals surface area contributed by atoms with Crippen molar-refractivity contribution in [3.63, 3.8) is 0 Å². The maximum absolute atomic E-state index is 13.4. The van der Waals surface area contributed by atoms with E-state index in [0.717, 1.165) is 30.0 Å². The third kappa shape index (κ3) is 5.10. The summed E-state index contributed by atoms with van der Waals surface area (Å²) in [5.74, 6) is -0.628. The number of nitrogens with one attached hydrogen (secondary N) is 2. The van der Waals surface area contributed by atoms with Gasteiger partial charge in [0.05, 0.1) is 0 Å². The van der Waals surface area contributed by atoms with E-state index >= 15 is 0 Å². The maximum Gasteiger partial charge on any atom is 0.274 e. The summed E-state index contributed by atoms with van der Waals surface area (Å²) in [5, 5.41) is 6.00. The third-order valence-electron chi connectivity index (χ3n) is 4.69. The summed E-state index contributed by atoms with van der Waals surface area (Å²) in [7, 11) is 0. The van der Waals surface area contributed by atoms with Gasteiger partial charge in [0.25, 0.3) is 5.91 Å². The van der Waals surface area contributed by atoms with E-state index in [0.29, 0.717) is 11.4 Å². The molecule has 0 aliphatic rings. The molecule has 0 aliphatic carbocycles. The lowest BCUT2D eigenvalue weighted by molar-refractivity contribution is 0.102. The van der Waals surface area contributed by atoms with Gasteiger partial charge in [-0.15, -0.1) is 0 Å². The average molecular weight is 392 g/mol. The molecule has 1 aromatic heterocycles. The highest BCUT2D eigenvalue weighted by atomic mass is 19.1. The van der Waals surface area contributed by atoms with Crippen LogP contribution < -0.4 is 15.5 Å². The molecule has 2 N–H and O–H groups in total. The van der Waals surface area contributed by atoms with Crippen molar-refractivity contribution in [2.45, 2.75) is 20.8 Å². The molecule has 6 heteroatoms. The molecule has 0 saturated carbocycles. The van der Waals surface area contributed by atoms with Gasteiger partial charge in [0.15, 0.2) is 0 Å². The Hall–Kier alpha value is -3.41. The number of rotatable bonds is 7. The lowest BCUT2D eigenvalue weighted by atomic mass is 10.1. The number of nitrogens with zero attached hydrogens (tertiary/aromatic N) is 2. The molecular formula is C23H25FN4O. The second-order valence-corrected chi connectivity index (χ2v) is 6.69. The van der Waals surface area contributed by atoms with Crippen molar-refractivity contribution in [3.8, 4) is 0 Å². The van der Waals surface area contributed by atoms with Gasteiger partial charge in [-0.25, -0.2) is 4.39 Å². The molecule has 0 unspecified atom stereocenters. The first-order valence-corrected chi connectivity index (χ1v) is 9.65. The number of hydrogen-bond donors (Lipinski definition) is 2. The van der Waals surface area contributed by atoms with Crippen LogP contribution in [-0.4, -0.2) is 24.0 Å². The standard InChI is InChI=1S/C23H25FN4O/c1-4-28(5-2)20-9-10-21(16(3)13-20)27-23(29)22-15-19(11-12-25-22)26-18-8-6-7-17(24)14-18/h6-15H,4-5H2,1-3H3,(H,25,26)(H,27,29). The second-order valence-electron chi connectivity index (χ2n) is 6.69. The van der Waals surface area contributed by atoms with Crippen LogP contribution in [0.1, 0.15) is 29.9 Å². The molecule has 3 aromatic rings. The van der Waals surface area contributed by atoms with Gasteiger partial charge < -0.3 is 15.5 Å². The van der Waals surface area contributed by atoms with Crippen LogP contribution in [0.5, 0.6) is 0 Å². The zero-order valence-corrected chi connectivity index (χ0v) is 16.9. The molecule has 2 aromatic carbocycles. The van der Waals surface area contributed by atoms with Crippen LogP contribution in [0, 0.1) is 12.7 Å². The fraction of sp³-hybridized carbons (Fsp3) is 0.217. The summed E-state index contributed by atoms with van der Waals surface area (Å²) in [4.78, 5) is 19.1. The predicted octanol–water partition coefficient (Wildman–Crippen LogP) is 5.37. The normalized spacial score (nSPS) is 10.5. The summed E-state index contributed by atoms with van der Waals surface area (Å²) in [6.45, 7) is 8.06. The minimum atomic E-state index is -0.328. The topological polar surface area (TPSA) is 57.3 Å². The van der Waals surface area contributed by atoms with Crippen molar-refractivity contribution in [3.05, 3.63) is 77.9 Å². The van der Waals surface area contributed by atoms with Gasteiger partial charge >= 0.3 is 0 Å². The molecule has 5 nitrogen and oxygen atoms in total. The lowest BCUT2D eigenvalue weighted by Crippen LogP contribution is -2.22. The number of carbonyl (C=O) groups is 1. The first kappa shape index (κ1) is 20.3. The van der Waals surface area contributed by atoms with Crippen LogP contribution >= 0.6 is 0 Å². The SMILES string of the molecule is CCN(CC)c1ccc(NC(=O)c2cc(Nc3cccc(F)c3)ccn2)c(C)c1. The van der Waals surface area contributed by atoms with Gasteiger partial charge in [0, 0.05) is 42.0 Å². The second kappa shape index (κ2) is 9.19. The first-order valence-electron chi connectivity index (χ1n) is 9.65. The Morgan fingerprint density at radius 1 is 1.03 bits per heavy atom. The zero-order valence-electron chi connectivity index (χ0n) is 16.9. The molecule has 0 bridgehead atoms. The largest absolute Gasteiger partial charge is 0.372 e. The van der Waals surface area contributed by atoms with E-state index in [1.807, 2.05) is 19.1 Å². The predicted molar refractivity (Wildman–Crippen MR) is 117 cm³/mol. The Morgan fingerprint density at radius 3 is 2.48 bits per heavy atom. The molecule has 3 rings (SSSR count). The smallest absolute Gasteiger partial charge is 0.274 e. The number of hydrogen-bond acceptors (Lipinski definition) is 4. The molecule has 0 aliphatic heterocycles. The number of carbonyl (C=O) groups excluding carboxylic acids is 1. The molecule has 0 atom stereocenters. The maximum atomic E-state index is 13.4. The fourth-order valence-electron chi connectivity index (χ4n) is 3.13. The summed E-state index contributed by atoms with van der Waals surface area (Å²) in [6.07, 6.45) is 1.55. The number of aryl methyl sites for hydroxylation is 1. The molecule has 0 saturated heterocycles. The highest BCUT2D eigenvalue weighted by Crippen LogP contribution is 2.24. The van der Waals surface area contributed by atoms with E-state index < -0.39 is 0 Å². The van der Waals surface area contributed by atoms with Gasteiger partial charge in [0.2, 0.25) is 0 Å². The van der Waals surface area contributed by atoms with Crippen LogP contribution in [0.15, 0.2) is 60.8 Å². The summed E-state index contributed by atoms with van der Waals surface area (Å²) in [5.41, 5.74) is 4.39. The number of aromatic nitrogens is 1. The molecule has 0 spiro atoms. The summed E-state index contributed by atoms with van der Waals surface area (Å²) < 4.78 is 13.4. The van der Waals surface area contributed by atoms with Crippen molar-refractivity contribution < 1.29 is 9.18 Å². The summed E-state index contributed by atoms with van der Waals surface area (Å²) in [6, 6.07) is 15.5. The van der Waals surface area contributed by atoms with E-state index in [1.165, 1.54) is 12.1 Å². The molecular weight excluding hydrogens is 367 g/mol. The Morgan fingerprint density at radius 2 is 1.79 bits per heavy atom. The van der Waals surface area contributed by atoms with Gasteiger partial charge in [-0.2, -0.15) is 0 Å². The molecule has 0 radical (unpaired) electrons. The Balaban J connectivity index is 1.74. The van der Waals surface area contributed by atoms with E-state index in [9.17, 15) is 9.18 Å². The summed E-state index contributed by atoms with van der Waals surface area (Å²) >= 11 is 0. The average Bonchev–Trinajstić information content (AvgIpc) is 2.71. The Bertz CT molecular complexity index is 1000. The van der Waals surface area contributed by atoms with Crippen molar-refractivity contribution in [1.82, 2.24) is 4.98 Å². The highest BCUT2D eigenvalue weighted by molar-refractivity contribution is 6.03. The van der Waals surface area contributed by atoms with Crippen LogP contribution in [0.25, 0.3) is 0 Å². The van der Waals surface area contributed by atoms with E-state index in [2.05, 4.69) is 40.4 Å². The fourth-order valence-corrected chi connectivity index (χ4v) is 3.13. The van der Waals surface area contributed by atoms with Crippen molar-refractivity contribution in [2.24, 2.45) is 0 Å². The van der Waals surface area contributed by atoms with Gasteiger partial charge in [-0.1, -0.05) is 6.07 Å². The zero-order chi connectivity index (χ0) is 20.8.